The molecule has 0 atom stereocenters. The lowest BCUT2D eigenvalue weighted by atomic mass is 10.1. The highest BCUT2D eigenvalue weighted by Crippen LogP contribution is 2.28. The molecule has 0 saturated carbocycles. The second-order valence-corrected chi connectivity index (χ2v) is 7.09. The van der Waals surface area contributed by atoms with Crippen LogP contribution in [0.1, 0.15) is 5.56 Å². The maximum Gasteiger partial charge on any atom is 0.229 e. The topological polar surface area (TPSA) is 99.4 Å². The van der Waals surface area contributed by atoms with Crippen molar-refractivity contribution in [3.05, 3.63) is 59.8 Å². The molecule has 3 heterocycles. The number of benzene rings is 1. The minimum atomic E-state index is -0.226. The first-order valence-electron chi connectivity index (χ1n) is 9.00. The molecule has 1 aromatic carbocycles. The quantitative estimate of drug-likeness (QED) is 0.479. The molecule has 0 fully saturated rings. The molecule has 0 unspecified atom stereocenters. The van der Waals surface area contributed by atoms with Crippen molar-refractivity contribution in [1.29, 1.82) is 0 Å². The van der Waals surface area contributed by atoms with Crippen LogP contribution in [-0.2, 0) is 11.2 Å². The second kappa shape index (κ2) is 8.75. The summed E-state index contributed by atoms with van der Waals surface area (Å²) in [6.45, 7) is 0. The van der Waals surface area contributed by atoms with Gasteiger partial charge in [0.15, 0.2) is 28.1 Å². The van der Waals surface area contributed by atoms with E-state index in [1.54, 1.807) is 57.0 Å². The van der Waals surface area contributed by atoms with Crippen LogP contribution < -0.4 is 14.8 Å². The Hall–Kier alpha value is -3.72. The van der Waals surface area contributed by atoms with Crippen molar-refractivity contribution < 1.29 is 18.7 Å². The largest absolute Gasteiger partial charge is 0.493 e. The third-order valence-electron chi connectivity index (χ3n) is 4.20. The highest BCUT2D eigenvalue weighted by atomic mass is 32.1. The van der Waals surface area contributed by atoms with Gasteiger partial charge in [0.05, 0.1) is 26.9 Å². The zero-order valence-corrected chi connectivity index (χ0v) is 17.1. The van der Waals surface area contributed by atoms with Gasteiger partial charge in [0.1, 0.15) is 11.5 Å². The lowest BCUT2D eigenvalue weighted by Crippen LogP contribution is -2.16. The molecule has 3 aromatic heterocycles. The lowest BCUT2D eigenvalue weighted by molar-refractivity contribution is -0.115. The molecule has 0 spiro atoms. The van der Waals surface area contributed by atoms with Crippen LogP contribution in [-0.4, -0.2) is 35.1 Å². The Morgan fingerprint density at radius 1 is 1.13 bits per heavy atom. The summed E-state index contributed by atoms with van der Waals surface area (Å²) in [7, 11) is 3.12. The van der Waals surface area contributed by atoms with E-state index in [2.05, 4.69) is 20.3 Å². The molecular weight excluding hydrogens is 404 g/mol. The minimum absolute atomic E-state index is 0.146. The summed E-state index contributed by atoms with van der Waals surface area (Å²) in [6.07, 6.45) is 3.39. The second-order valence-electron chi connectivity index (χ2n) is 6.19. The third kappa shape index (κ3) is 4.31. The van der Waals surface area contributed by atoms with Gasteiger partial charge >= 0.3 is 0 Å². The van der Waals surface area contributed by atoms with E-state index in [9.17, 15) is 4.79 Å². The lowest BCUT2D eigenvalue weighted by Gasteiger charge is -2.10. The van der Waals surface area contributed by atoms with Gasteiger partial charge in [-0.15, -0.1) is 11.3 Å². The Bertz CT molecular complexity index is 1090. The fourth-order valence-electron chi connectivity index (χ4n) is 2.85. The number of carbonyl (C=O) groups excluding carboxylic acids is 1. The first-order valence-corrected chi connectivity index (χ1v) is 9.88. The molecule has 9 heteroatoms. The minimum Gasteiger partial charge on any atom is -0.493 e. The summed E-state index contributed by atoms with van der Waals surface area (Å²) < 4.78 is 16.0. The van der Waals surface area contributed by atoms with Gasteiger partial charge in [0, 0.05) is 17.6 Å². The number of ether oxygens (including phenoxy) is 2. The van der Waals surface area contributed by atoms with Crippen molar-refractivity contribution in [2.24, 2.45) is 0 Å². The summed E-state index contributed by atoms with van der Waals surface area (Å²) in [4.78, 5) is 25.9. The van der Waals surface area contributed by atoms with E-state index < -0.39 is 0 Å². The number of rotatable bonds is 7. The molecule has 8 nitrogen and oxygen atoms in total. The smallest absolute Gasteiger partial charge is 0.229 e. The summed E-state index contributed by atoms with van der Waals surface area (Å²) in [5.41, 5.74) is 1.34. The molecule has 0 radical (unpaired) electrons. The van der Waals surface area contributed by atoms with E-state index in [0.717, 1.165) is 5.56 Å². The number of aromatic nitrogens is 3. The van der Waals surface area contributed by atoms with Crippen molar-refractivity contribution in [3.8, 4) is 33.8 Å². The monoisotopic (exact) mass is 422 g/mol. The SMILES string of the molecule is COc1ccc(CC(=O)Nc2cc(-c3ccco3)nc(-c3nccs3)n2)cc1OC. The molecular formula is C21H18N4O4S. The fraction of sp³-hybridized carbons (Fsp3) is 0.143. The number of carbonyl (C=O) groups is 1. The molecule has 1 amide bonds. The van der Waals surface area contributed by atoms with E-state index in [0.29, 0.717) is 39.6 Å². The molecule has 0 aliphatic carbocycles. The highest BCUT2D eigenvalue weighted by Gasteiger charge is 2.15. The van der Waals surface area contributed by atoms with Crippen molar-refractivity contribution in [2.75, 3.05) is 19.5 Å². The van der Waals surface area contributed by atoms with Crippen LogP contribution in [0, 0.1) is 0 Å². The molecule has 4 rings (SSSR count). The van der Waals surface area contributed by atoms with Crippen molar-refractivity contribution >= 4 is 23.1 Å². The average molecular weight is 422 g/mol. The molecule has 0 aliphatic heterocycles. The number of furan rings is 1. The third-order valence-corrected chi connectivity index (χ3v) is 4.97. The van der Waals surface area contributed by atoms with Gasteiger partial charge in [-0.05, 0) is 29.8 Å². The number of hydrogen-bond donors (Lipinski definition) is 1. The molecule has 0 bridgehead atoms. The van der Waals surface area contributed by atoms with Crippen molar-refractivity contribution in [3.63, 3.8) is 0 Å². The molecule has 0 aliphatic rings. The van der Waals surface area contributed by atoms with Gasteiger partial charge in [0.25, 0.3) is 0 Å². The number of nitrogens with zero attached hydrogens (tertiary/aromatic N) is 3. The van der Waals surface area contributed by atoms with Crippen LogP contribution in [0.15, 0.2) is 58.7 Å². The number of anilines is 1. The number of amides is 1. The van der Waals surface area contributed by atoms with E-state index in [1.807, 2.05) is 11.4 Å². The van der Waals surface area contributed by atoms with Crippen LogP contribution in [0.4, 0.5) is 5.82 Å². The Morgan fingerprint density at radius 3 is 2.70 bits per heavy atom. The summed E-state index contributed by atoms with van der Waals surface area (Å²) >= 11 is 1.41. The van der Waals surface area contributed by atoms with E-state index in [1.165, 1.54) is 11.3 Å². The van der Waals surface area contributed by atoms with Gasteiger partial charge in [0.2, 0.25) is 5.91 Å². The first-order chi connectivity index (χ1) is 14.7. The molecule has 152 valence electrons. The Morgan fingerprint density at radius 2 is 2.00 bits per heavy atom. The Labute approximate surface area is 176 Å². The van der Waals surface area contributed by atoms with Gasteiger partial charge in [-0.3, -0.25) is 4.79 Å². The van der Waals surface area contributed by atoms with Crippen LogP contribution >= 0.6 is 11.3 Å². The average Bonchev–Trinajstić information content (AvgIpc) is 3.47. The van der Waals surface area contributed by atoms with Crippen molar-refractivity contribution in [1.82, 2.24) is 15.0 Å². The van der Waals surface area contributed by atoms with Gasteiger partial charge in [-0.25, -0.2) is 15.0 Å². The van der Waals surface area contributed by atoms with Crippen LogP contribution in [0.25, 0.3) is 22.3 Å². The van der Waals surface area contributed by atoms with Crippen LogP contribution in [0.5, 0.6) is 11.5 Å². The number of hydrogen-bond acceptors (Lipinski definition) is 8. The van der Waals surface area contributed by atoms with Crippen LogP contribution in [0.3, 0.4) is 0 Å². The van der Waals surface area contributed by atoms with Gasteiger partial charge < -0.3 is 19.2 Å². The van der Waals surface area contributed by atoms with Crippen LogP contribution in [0.2, 0.25) is 0 Å². The first kappa shape index (κ1) is 19.6. The maximum absolute atomic E-state index is 12.7. The predicted molar refractivity (Wildman–Crippen MR) is 113 cm³/mol. The zero-order valence-electron chi connectivity index (χ0n) is 16.3. The normalized spacial score (nSPS) is 10.6. The fourth-order valence-corrected chi connectivity index (χ4v) is 3.42. The van der Waals surface area contributed by atoms with Crippen molar-refractivity contribution in [2.45, 2.75) is 6.42 Å². The highest BCUT2D eigenvalue weighted by molar-refractivity contribution is 7.13. The number of methoxy groups -OCH3 is 2. The standard InChI is InChI=1S/C21H18N4O4S/c1-27-16-6-5-13(10-17(16)28-2)11-19(26)24-18-12-14(15-4-3-8-29-15)23-20(25-18)21-22-7-9-30-21/h3-10,12H,11H2,1-2H3,(H,23,24,25,26). The van der Waals surface area contributed by atoms with Gasteiger partial charge in [-0.1, -0.05) is 6.07 Å². The molecule has 0 saturated heterocycles. The summed E-state index contributed by atoms with van der Waals surface area (Å²) in [6, 6.07) is 10.6. The summed E-state index contributed by atoms with van der Waals surface area (Å²) in [5.74, 6) is 2.30. The number of thiazole rings is 1. The van der Waals surface area contributed by atoms with E-state index >= 15 is 0 Å². The molecule has 4 aromatic rings. The van der Waals surface area contributed by atoms with Gasteiger partial charge in [-0.2, -0.15) is 0 Å². The Kier molecular flexibility index (Phi) is 5.71. The van der Waals surface area contributed by atoms with E-state index in [4.69, 9.17) is 13.9 Å². The number of nitrogens with one attached hydrogen (secondary N) is 1. The summed E-state index contributed by atoms with van der Waals surface area (Å²) in [5, 5.41) is 5.33. The molecule has 1 N–H and O–H groups in total. The molecule has 30 heavy (non-hydrogen) atoms. The van der Waals surface area contributed by atoms with E-state index in [-0.39, 0.29) is 12.3 Å². The maximum atomic E-state index is 12.7. The predicted octanol–water partition coefficient (Wildman–Crippen LogP) is 4.06. The zero-order chi connectivity index (χ0) is 20.9. The Balaban J connectivity index is 1.58.